The molecule has 1 aliphatic carbocycles. The highest BCUT2D eigenvalue weighted by Gasteiger charge is 2.35. The Morgan fingerprint density at radius 3 is 2.18 bits per heavy atom. The molecule has 0 aliphatic heterocycles. The van der Waals surface area contributed by atoms with Crippen molar-refractivity contribution in [3.63, 3.8) is 0 Å². The molecule has 0 heterocycles. The van der Waals surface area contributed by atoms with E-state index in [-0.39, 0.29) is 5.75 Å². The SMILES string of the molecule is CC1CC(C)CC(O)(Cc2ccc(O)cc2)C1. The fraction of sp³-hybridized carbons (Fsp3) is 0.600. The zero-order valence-electron chi connectivity index (χ0n) is 10.7. The number of rotatable bonds is 2. The summed E-state index contributed by atoms with van der Waals surface area (Å²) in [5.41, 5.74) is 0.542. The second kappa shape index (κ2) is 4.69. The highest BCUT2D eigenvalue weighted by Crippen LogP contribution is 2.38. The zero-order chi connectivity index (χ0) is 12.5. The van der Waals surface area contributed by atoms with Gasteiger partial charge < -0.3 is 10.2 Å². The van der Waals surface area contributed by atoms with Gasteiger partial charge in [0, 0.05) is 6.42 Å². The standard InChI is InChI=1S/C15H22O2/c1-11-7-12(2)9-15(17,8-11)10-13-3-5-14(16)6-4-13/h3-6,11-12,16-17H,7-10H2,1-2H3. The van der Waals surface area contributed by atoms with Gasteiger partial charge in [0.05, 0.1) is 5.60 Å². The maximum Gasteiger partial charge on any atom is 0.115 e. The summed E-state index contributed by atoms with van der Waals surface area (Å²) in [6, 6.07) is 7.18. The van der Waals surface area contributed by atoms with Gasteiger partial charge in [-0.05, 0) is 48.8 Å². The molecule has 1 saturated carbocycles. The third kappa shape index (κ3) is 3.22. The van der Waals surface area contributed by atoms with E-state index in [1.54, 1.807) is 12.1 Å². The lowest BCUT2D eigenvalue weighted by atomic mass is 9.71. The fourth-order valence-electron chi connectivity index (χ4n) is 3.37. The van der Waals surface area contributed by atoms with Crippen LogP contribution in [0.25, 0.3) is 0 Å². The average Bonchev–Trinajstić information content (AvgIpc) is 2.19. The van der Waals surface area contributed by atoms with Crippen LogP contribution >= 0.6 is 0 Å². The third-order valence-corrected chi connectivity index (χ3v) is 3.73. The highest BCUT2D eigenvalue weighted by atomic mass is 16.3. The Morgan fingerprint density at radius 1 is 1.12 bits per heavy atom. The number of aromatic hydroxyl groups is 1. The van der Waals surface area contributed by atoms with E-state index in [0.29, 0.717) is 18.3 Å². The van der Waals surface area contributed by atoms with Gasteiger partial charge in [-0.15, -0.1) is 0 Å². The minimum absolute atomic E-state index is 0.283. The largest absolute Gasteiger partial charge is 0.508 e. The van der Waals surface area contributed by atoms with Gasteiger partial charge in [-0.25, -0.2) is 0 Å². The van der Waals surface area contributed by atoms with Crippen molar-refractivity contribution in [2.45, 2.75) is 45.1 Å². The predicted molar refractivity (Wildman–Crippen MR) is 68.9 cm³/mol. The summed E-state index contributed by atoms with van der Waals surface area (Å²) in [7, 11) is 0. The van der Waals surface area contributed by atoms with Crippen LogP contribution < -0.4 is 0 Å². The number of hydrogen-bond donors (Lipinski definition) is 2. The fourth-order valence-corrected chi connectivity index (χ4v) is 3.37. The van der Waals surface area contributed by atoms with Crippen LogP contribution in [0.15, 0.2) is 24.3 Å². The topological polar surface area (TPSA) is 40.5 Å². The van der Waals surface area contributed by atoms with Gasteiger partial charge in [-0.1, -0.05) is 26.0 Å². The van der Waals surface area contributed by atoms with Crippen LogP contribution in [0, 0.1) is 11.8 Å². The maximum absolute atomic E-state index is 10.7. The van der Waals surface area contributed by atoms with Gasteiger partial charge >= 0.3 is 0 Å². The molecule has 17 heavy (non-hydrogen) atoms. The number of hydrogen-bond acceptors (Lipinski definition) is 2. The molecule has 0 radical (unpaired) electrons. The summed E-state index contributed by atoms with van der Waals surface area (Å²) in [5.74, 6) is 1.48. The molecule has 94 valence electrons. The molecule has 2 rings (SSSR count). The molecule has 2 N–H and O–H groups in total. The molecule has 1 aliphatic rings. The van der Waals surface area contributed by atoms with Gasteiger partial charge in [0.1, 0.15) is 5.75 Å². The Labute approximate surface area is 103 Å². The Bertz CT molecular complexity index is 359. The lowest BCUT2D eigenvalue weighted by Gasteiger charge is -2.39. The molecule has 2 nitrogen and oxygen atoms in total. The molecule has 1 aromatic carbocycles. The first kappa shape index (κ1) is 12.4. The molecule has 0 bridgehead atoms. The molecule has 0 saturated heterocycles. The van der Waals surface area contributed by atoms with Gasteiger partial charge in [0.2, 0.25) is 0 Å². The van der Waals surface area contributed by atoms with Crippen LogP contribution in [0.1, 0.15) is 38.7 Å². The predicted octanol–water partition coefficient (Wildman–Crippen LogP) is 3.12. The van der Waals surface area contributed by atoms with E-state index >= 15 is 0 Å². The van der Waals surface area contributed by atoms with Crippen molar-refractivity contribution in [3.8, 4) is 5.75 Å². The Hall–Kier alpha value is -1.02. The van der Waals surface area contributed by atoms with Crippen molar-refractivity contribution in [3.05, 3.63) is 29.8 Å². The van der Waals surface area contributed by atoms with Crippen molar-refractivity contribution in [1.29, 1.82) is 0 Å². The van der Waals surface area contributed by atoms with E-state index in [4.69, 9.17) is 0 Å². The van der Waals surface area contributed by atoms with Crippen molar-refractivity contribution >= 4 is 0 Å². The third-order valence-electron chi connectivity index (χ3n) is 3.73. The normalized spacial score (nSPS) is 33.6. The first-order chi connectivity index (χ1) is 7.97. The van der Waals surface area contributed by atoms with Crippen LogP contribution in [0.4, 0.5) is 0 Å². The maximum atomic E-state index is 10.7. The second-order valence-electron chi connectivity index (χ2n) is 5.92. The summed E-state index contributed by atoms with van der Waals surface area (Å²) in [6.07, 6.45) is 3.69. The number of aliphatic hydroxyl groups is 1. The van der Waals surface area contributed by atoms with Crippen LogP contribution in [-0.4, -0.2) is 15.8 Å². The van der Waals surface area contributed by atoms with Crippen molar-refractivity contribution in [2.75, 3.05) is 0 Å². The smallest absolute Gasteiger partial charge is 0.115 e. The minimum atomic E-state index is -0.561. The van der Waals surface area contributed by atoms with Gasteiger partial charge in [0.25, 0.3) is 0 Å². The van der Waals surface area contributed by atoms with E-state index in [0.717, 1.165) is 18.4 Å². The van der Waals surface area contributed by atoms with E-state index in [1.165, 1.54) is 6.42 Å². The highest BCUT2D eigenvalue weighted by molar-refractivity contribution is 5.27. The summed E-state index contributed by atoms with van der Waals surface area (Å²) in [6.45, 7) is 4.44. The van der Waals surface area contributed by atoms with Gasteiger partial charge in [0.15, 0.2) is 0 Å². The molecule has 2 atom stereocenters. The summed E-state index contributed by atoms with van der Waals surface area (Å²) < 4.78 is 0. The van der Waals surface area contributed by atoms with Crippen molar-refractivity contribution in [1.82, 2.24) is 0 Å². The zero-order valence-corrected chi connectivity index (χ0v) is 10.7. The van der Waals surface area contributed by atoms with Crippen LogP contribution in [0.3, 0.4) is 0 Å². The van der Waals surface area contributed by atoms with Crippen molar-refractivity contribution < 1.29 is 10.2 Å². The summed E-state index contributed by atoms with van der Waals surface area (Å²) in [4.78, 5) is 0. The minimum Gasteiger partial charge on any atom is -0.508 e. The molecule has 1 fully saturated rings. The van der Waals surface area contributed by atoms with Crippen LogP contribution in [0.5, 0.6) is 5.75 Å². The molecule has 0 spiro atoms. The molecule has 0 aromatic heterocycles. The van der Waals surface area contributed by atoms with Gasteiger partial charge in [-0.3, -0.25) is 0 Å². The monoisotopic (exact) mass is 234 g/mol. The van der Waals surface area contributed by atoms with E-state index < -0.39 is 5.60 Å². The van der Waals surface area contributed by atoms with Crippen molar-refractivity contribution in [2.24, 2.45) is 11.8 Å². The lowest BCUT2D eigenvalue weighted by molar-refractivity contribution is -0.0304. The molecular weight excluding hydrogens is 212 g/mol. The number of phenolic OH excluding ortho intramolecular Hbond substituents is 1. The van der Waals surface area contributed by atoms with Crippen LogP contribution in [-0.2, 0) is 6.42 Å². The van der Waals surface area contributed by atoms with E-state index in [9.17, 15) is 10.2 Å². The van der Waals surface area contributed by atoms with Crippen LogP contribution in [0.2, 0.25) is 0 Å². The first-order valence-corrected chi connectivity index (χ1v) is 6.47. The van der Waals surface area contributed by atoms with Gasteiger partial charge in [-0.2, -0.15) is 0 Å². The summed E-state index contributed by atoms with van der Waals surface area (Å²) in [5, 5.41) is 19.9. The number of benzene rings is 1. The summed E-state index contributed by atoms with van der Waals surface area (Å²) >= 11 is 0. The molecule has 2 heteroatoms. The van der Waals surface area contributed by atoms with E-state index in [1.807, 2.05) is 12.1 Å². The quantitative estimate of drug-likeness (QED) is 0.825. The molecule has 2 unspecified atom stereocenters. The average molecular weight is 234 g/mol. The lowest BCUT2D eigenvalue weighted by Crippen LogP contribution is -2.39. The molecular formula is C15H22O2. The van der Waals surface area contributed by atoms with E-state index in [2.05, 4.69) is 13.8 Å². The Kier molecular flexibility index (Phi) is 3.43. The molecule has 1 aromatic rings. The first-order valence-electron chi connectivity index (χ1n) is 6.47. The Morgan fingerprint density at radius 2 is 1.65 bits per heavy atom. The Balaban J connectivity index is 2.08. The molecule has 0 amide bonds. The second-order valence-corrected chi connectivity index (χ2v) is 5.92. The number of phenols is 1.